The van der Waals surface area contributed by atoms with Crippen LogP contribution in [0.3, 0.4) is 0 Å². The van der Waals surface area contributed by atoms with E-state index in [1.807, 2.05) is 24.3 Å². The lowest BCUT2D eigenvalue weighted by atomic mass is 10.0. The summed E-state index contributed by atoms with van der Waals surface area (Å²) in [5.74, 6) is -0.916. The fourth-order valence-electron chi connectivity index (χ4n) is 4.04. The van der Waals surface area contributed by atoms with Crippen LogP contribution in [-0.2, 0) is 33.3 Å². The Bertz CT molecular complexity index is 1620. The van der Waals surface area contributed by atoms with Crippen LogP contribution in [0.1, 0.15) is 41.6 Å². The summed E-state index contributed by atoms with van der Waals surface area (Å²) in [6, 6.07) is 21.2. The minimum Gasteiger partial charge on any atom is -0.493 e. The number of carbonyl (C=O) groups is 5. The maximum atomic E-state index is 12.7. The predicted molar refractivity (Wildman–Crippen MR) is 181 cm³/mol. The Morgan fingerprint density at radius 3 is 1.92 bits per heavy atom. The van der Waals surface area contributed by atoms with Crippen molar-refractivity contribution in [3.05, 3.63) is 115 Å². The fourth-order valence-corrected chi connectivity index (χ4v) is 4.04. The third-order valence-electron chi connectivity index (χ3n) is 6.70. The average molecular weight is 671 g/mol. The normalized spacial score (nSPS) is 10.5. The van der Waals surface area contributed by atoms with Crippen LogP contribution in [0, 0.1) is 0 Å². The van der Waals surface area contributed by atoms with Crippen LogP contribution in [0.25, 0.3) is 17.2 Å². The summed E-state index contributed by atoms with van der Waals surface area (Å²) in [7, 11) is 1.23. The monoisotopic (exact) mass is 670 g/mol. The summed E-state index contributed by atoms with van der Waals surface area (Å²) in [5, 5.41) is 0. The van der Waals surface area contributed by atoms with Gasteiger partial charge in [-0.05, 0) is 59.9 Å². The Labute approximate surface area is 284 Å². The minimum absolute atomic E-state index is 0.0279. The van der Waals surface area contributed by atoms with Gasteiger partial charge in [0.05, 0.1) is 40.0 Å². The smallest absolute Gasteiger partial charge is 0.493 e. The second kappa shape index (κ2) is 20.3. The number of carbonyl (C=O) groups excluding carboxylic acids is 5. The molecule has 0 aliphatic heterocycles. The van der Waals surface area contributed by atoms with Gasteiger partial charge in [0, 0.05) is 23.6 Å². The van der Waals surface area contributed by atoms with Gasteiger partial charge in [0.25, 0.3) is 0 Å². The molecule has 3 aromatic carbocycles. The number of ketones is 1. The SMILES string of the molecule is C=CC(=O)OCCCCOC(=O)Oc1ccc(-c2ccc(C(=O)/C=C/c3ccc(OCCCOC(=O)C(=C)CC(=O)OC)cc3)cc2)cc1. The first-order valence-corrected chi connectivity index (χ1v) is 15.4. The second-order valence-electron chi connectivity index (χ2n) is 10.3. The summed E-state index contributed by atoms with van der Waals surface area (Å²) < 4.78 is 30.3. The molecule has 0 aromatic heterocycles. The van der Waals surface area contributed by atoms with Crippen LogP contribution in [0.15, 0.2) is 104 Å². The van der Waals surface area contributed by atoms with Crippen molar-refractivity contribution in [3.63, 3.8) is 0 Å². The molecule has 0 aliphatic rings. The number of benzene rings is 3. The van der Waals surface area contributed by atoms with Crippen LogP contribution in [0.5, 0.6) is 11.5 Å². The van der Waals surface area contributed by atoms with Gasteiger partial charge in [0.1, 0.15) is 11.5 Å². The molecule has 3 aromatic rings. The Morgan fingerprint density at radius 2 is 1.29 bits per heavy atom. The van der Waals surface area contributed by atoms with Crippen LogP contribution in [0.4, 0.5) is 4.79 Å². The Balaban J connectivity index is 1.38. The van der Waals surface area contributed by atoms with E-state index >= 15 is 0 Å². The fraction of sp³-hybridized carbons (Fsp3) is 0.237. The maximum Gasteiger partial charge on any atom is 0.513 e. The van der Waals surface area contributed by atoms with Crippen LogP contribution >= 0.6 is 0 Å². The Kier molecular flexibility index (Phi) is 15.5. The third-order valence-corrected chi connectivity index (χ3v) is 6.70. The van der Waals surface area contributed by atoms with E-state index in [4.69, 9.17) is 23.7 Å². The Hall–Kier alpha value is -5.97. The molecule has 0 bridgehead atoms. The molecule has 11 nitrogen and oxygen atoms in total. The summed E-state index contributed by atoms with van der Waals surface area (Å²) >= 11 is 0. The van der Waals surface area contributed by atoms with Gasteiger partial charge < -0.3 is 28.4 Å². The molecule has 0 heterocycles. The van der Waals surface area contributed by atoms with E-state index < -0.39 is 24.1 Å². The molecule has 0 saturated carbocycles. The van der Waals surface area contributed by atoms with E-state index in [1.54, 1.807) is 54.6 Å². The highest BCUT2D eigenvalue weighted by Gasteiger charge is 2.13. The van der Waals surface area contributed by atoms with E-state index in [2.05, 4.69) is 17.9 Å². The molecule has 0 aliphatic carbocycles. The van der Waals surface area contributed by atoms with Crippen molar-refractivity contribution in [1.29, 1.82) is 0 Å². The molecule has 0 fully saturated rings. The van der Waals surface area contributed by atoms with Crippen molar-refractivity contribution in [2.24, 2.45) is 0 Å². The predicted octanol–water partition coefficient (Wildman–Crippen LogP) is 6.71. The van der Waals surface area contributed by atoms with Crippen LogP contribution < -0.4 is 9.47 Å². The molecule has 49 heavy (non-hydrogen) atoms. The molecule has 0 spiro atoms. The van der Waals surface area contributed by atoms with E-state index in [9.17, 15) is 24.0 Å². The molecular weight excluding hydrogens is 632 g/mol. The van der Waals surface area contributed by atoms with E-state index in [-0.39, 0.29) is 37.6 Å². The van der Waals surface area contributed by atoms with Crippen LogP contribution in [0.2, 0.25) is 0 Å². The Morgan fingerprint density at radius 1 is 0.694 bits per heavy atom. The zero-order chi connectivity index (χ0) is 35.4. The molecule has 11 heteroatoms. The molecule has 256 valence electrons. The van der Waals surface area contributed by atoms with E-state index in [0.717, 1.165) is 22.8 Å². The summed E-state index contributed by atoms with van der Waals surface area (Å²) in [5.41, 5.74) is 3.11. The number of hydrogen-bond acceptors (Lipinski definition) is 11. The van der Waals surface area contributed by atoms with Crippen molar-refractivity contribution in [2.75, 3.05) is 33.5 Å². The first-order valence-electron chi connectivity index (χ1n) is 15.4. The number of allylic oxidation sites excluding steroid dienone is 1. The van der Waals surface area contributed by atoms with Crippen molar-refractivity contribution >= 4 is 35.9 Å². The molecule has 0 radical (unpaired) electrons. The van der Waals surface area contributed by atoms with Crippen molar-refractivity contribution in [2.45, 2.75) is 25.7 Å². The molecule has 0 saturated heterocycles. The molecule has 0 atom stereocenters. The number of rotatable bonds is 19. The van der Waals surface area contributed by atoms with Crippen molar-refractivity contribution < 1.29 is 52.4 Å². The van der Waals surface area contributed by atoms with Gasteiger partial charge in [-0.2, -0.15) is 0 Å². The first kappa shape index (κ1) is 37.5. The van der Waals surface area contributed by atoms with Gasteiger partial charge in [-0.25, -0.2) is 14.4 Å². The quantitative estimate of drug-likeness (QED) is 0.0336. The number of ether oxygens (including phenoxy) is 6. The molecule has 0 unspecified atom stereocenters. The minimum atomic E-state index is -0.827. The van der Waals surface area contributed by atoms with E-state index in [1.165, 1.54) is 13.2 Å². The van der Waals surface area contributed by atoms with Gasteiger partial charge in [-0.15, -0.1) is 0 Å². The lowest BCUT2D eigenvalue weighted by Crippen LogP contribution is -2.13. The number of unbranched alkanes of at least 4 members (excludes halogenated alkanes) is 1. The highest BCUT2D eigenvalue weighted by molar-refractivity contribution is 6.07. The second-order valence-corrected chi connectivity index (χ2v) is 10.3. The number of esters is 3. The van der Waals surface area contributed by atoms with Crippen molar-refractivity contribution in [1.82, 2.24) is 0 Å². The molecule has 0 amide bonds. The van der Waals surface area contributed by atoms with Gasteiger partial charge in [-0.3, -0.25) is 9.59 Å². The van der Waals surface area contributed by atoms with Gasteiger partial charge in [0.15, 0.2) is 5.78 Å². The number of hydrogen-bond donors (Lipinski definition) is 0. The third kappa shape index (κ3) is 13.7. The number of methoxy groups -OCH3 is 1. The van der Waals surface area contributed by atoms with Gasteiger partial charge >= 0.3 is 24.1 Å². The topological polar surface area (TPSA) is 141 Å². The van der Waals surface area contributed by atoms with Gasteiger partial charge in [0.2, 0.25) is 0 Å². The lowest BCUT2D eigenvalue weighted by molar-refractivity contribution is -0.144. The first-order chi connectivity index (χ1) is 23.7. The van der Waals surface area contributed by atoms with Gasteiger partial charge in [-0.1, -0.05) is 67.8 Å². The summed E-state index contributed by atoms with van der Waals surface area (Å²) in [6.45, 7) is 7.62. The standard InChI is InChI=1S/C38H38O11/c1-4-35(40)46-22-5-6-23-48-38(43)49-33-19-15-30(16-20-33)29-11-13-31(14-12-29)34(39)21-10-28-8-17-32(18-9-28)45-24-7-25-47-37(42)27(2)26-36(41)44-3/h4,8-21H,1-2,5-7,22-26H2,3H3/b21-10+. The highest BCUT2D eigenvalue weighted by Crippen LogP contribution is 2.23. The lowest BCUT2D eigenvalue weighted by Gasteiger charge is -2.08. The average Bonchev–Trinajstić information content (AvgIpc) is 3.12. The van der Waals surface area contributed by atoms with Crippen LogP contribution in [-0.4, -0.2) is 63.4 Å². The maximum absolute atomic E-state index is 12.7. The summed E-state index contributed by atoms with van der Waals surface area (Å²) in [4.78, 5) is 58.7. The zero-order valence-corrected chi connectivity index (χ0v) is 27.2. The molecule has 3 rings (SSSR count). The molecule has 0 N–H and O–H groups in total. The van der Waals surface area contributed by atoms with Crippen molar-refractivity contribution in [3.8, 4) is 22.6 Å². The summed E-state index contributed by atoms with van der Waals surface area (Å²) in [6.07, 6.45) is 4.75. The zero-order valence-electron chi connectivity index (χ0n) is 27.2. The largest absolute Gasteiger partial charge is 0.513 e. The highest BCUT2D eigenvalue weighted by atomic mass is 16.7. The molecular formula is C38H38O11. The van der Waals surface area contributed by atoms with E-state index in [0.29, 0.717) is 42.9 Å².